The van der Waals surface area contributed by atoms with Crippen LogP contribution in [-0.2, 0) is 4.79 Å². The highest BCUT2D eigenvalue weighted by molar-refractivity contribution is 5.83. The topological polar surface area (TPSA) is 78.4 Å². The van der Waals surface area contributed by atoms with Crippen LogP contribution in [0.1, 0.15) is 20.8 Å². The zero-order valence-corrected chi connectivity index (χ0v) is 9.38. The predicted octanol–water partition coefficient (Wildman–Crippen LogP) is 1.05. The van der Waals surface area contributed by atoms with Crippen LogP contribution in [0.4, 0.5) is 13.6 Å². The standard InChI is InChI=1S/C9H16F2N2O3/c1-9(2,3)6(7(14)15)13-8(16)12-4-5(10)11/h5-6H,4H2,1-3H3,(H,14,15)(H2,12,13,16)/t6-/m0/s1. The molecule has 0 aliphatic heterocycles. The van der Waals surface area contributed by atoms with Crippen molar-refractivity contribution >= 4 is 12.0 Å². The summed E-state index contributed by atoms with van der Waals surface area (Å²) in [6.07, 6.45) is -2.66. The number of nitrogens with one attached hydrogen (secondary N) is 2. The fourth-order valence-electron chi connectivity index (χ4n) is 1.00. The van der Waals surface area contributed by atoms with Crippen LogP contribution < -0.4 is 10.6 Å². The molecule has 0 spiro atoms. The lowest BCUT2D eigenvalue weighted by atomic mass is 9.87. The third-order valence-corrected chi connectivity index (χ3v) is 1.81. The van der Waals surface area contributed by atoms with Crippen molar-refractivity contribution in [2.75, 3.05) is 6.54 Å². The van der Waals surface area contributed by atoms with Gasteiger partial charge in [0.1, 0.15) is 6.04 Å². The summed E-state index contributed by atoms with van der Waals surface area (Å²) in [6, 6.07) is -2.05. The Balaban J connectivity index is 4.32. The van der Waals surface area contributed by atoms with E-state index >= 15 is 0 Å². The number of amides is 2. The van der Waals surface area contributed by atoms with Crippen LogP contribution in [0.5, 0.6) is 0 Å². The molecule has 0 heterocycles. The van der Waals surface area contributed by atoms with Gasteiger partial charge in [0.05, 0.1) is 6.54 Å². The molecule has 5 nitrogen and oxygen atoms in total. The summed E-state index contributed by atoms with van der Waals surface area (Å²) in [5.74, 6) is -1.21. The molecule has 2 amide bonds. The molecule has 0 saturated carbocycles. The zero-order chi connectivity index (χ0) is 12.9. The van der Waals surface area contributed by atoms with Gasteiger partial charge in [-0.3, -0.25) is 0 Å². The highest BCUT2D eigenvalue weighted by Crippen LogP contribution is 2.19. The molecule has 0 aromatic carbocycles. The number of urea groups is 1. The Bertz CT molecular complexity index is 264. The second kappa shape index (κ2) is 5.62. The van der Waals surface area contributed by atoms with E-state index in [4.69, 9.17) is 5.11 Å². The van der Waals surface area contributed by atoms with Crippen LogP contribution in [-0.4, -0.2) is 36.1 Å². The third kappa shape index (κ3) is 5.47. The number of hydrogen-bond donors (Lipinski definition) is 3. The van der Waals surface area contributed by atoms with E-state index in [1.807, 2.05) is 5.32 Å². The SMILES string of the molecule is CC(C)(C)[C@@H](NC(=O)NCC(F)F)C(=O)O. The summed E-state index contributed by atoms with van der Waals surface area (Å²) in [6.45, 7) is 4.07. The predicted molar refractivity (Wildman–Crippen MR) is 53.4 cm³/mol. The van der Waals surface area contributed by atoms with Crippen molar-refractivity contribution in [1.82, 2.24) is 10.6 Å². The fraction of sp³-hybridized carbons (Fsp3) is 0.778. The second-order valence-electron chi connectivity index (χ2n) is 4.38. The first kappa shape index (κ1) is 14.6. The van der Waals surface area contributed by atoms with Gasteiger partial charge in [-0.05, 0) is 5.41 Å². The molecule has 0 aliphatic carbocycles. The van der Waals surface area contributed by atoms with Crippen molar-refractivity contribution in [1.29, 1.82) is 0 Å². The molecule has 0 saturated heterocycles. The first-order valence-corrected chi connectivity index (χ1v) is 4.70. The minimum absolute atomic E-state index is 0.700. The quantitative estimate of drug-likeness (QED) is 0.685. The molecule has 0 unspecified atom stereocenters. The Labute approximate surface area is 92.2 Å². The number of rotatable bonds is 4. The molecule has 7 heteroatoms. The average molecular weight is 238 g/mol. The van der Waals surface area contributed by atoms with Crippen LogP contribution in [0, 0.1) is 5.41 Å². The molecule has 16 heavy (non-hydrogen) atoms. The highest BCUT2D eigenvalue weighted by atomic mass is 19.3. The maximum atomic E-state index is 11.8. The average Bonchev–Trinajstić information content (AvgIpc) is 2.08. The van der Waals surface area contributed by atoms with Gasteiger partial charge in [-0.2, -0.15) is 0 Å². The van der Waals surface area contributed by atoms with Gasteiger partial charge in [-0.25, -0.2) is 18.4 Å². The van der Waals surface area contributed by atoms with E-state index in [1.54, 1.807) is 20.8 Å². The Morgan fingerprint density at radius 1 is 1.31 bits per heavy atom. The van der Waals surface area contributed by atoms with E-state index in [1.165, 1.54) is 0 Å². The number of alkyl halides is 2. The molecule has 3 N–H and O–H groups in total. The molecule has 0 aliphatic rings. The van der Waals surface area contributed by atoms with Gasteiger partial charge < -0.3 is 15.7 Å². The van der Waals surface area contributed by atoms with Crippen molar-refractivity contribution in [2.45, 2.75) is 33.2 Å². The van der Waals surface area contributed by atoms with Crippen molar-refractivity contribution in [3.05, 3.63) is 0 Å². The van der Waals surface area contributed by atoms with Gasteiger partial charge in [-0.1, -0.05) is 20.8 Å². The molecular weight excluding hydrogens is 222 g/mol. The molecule has 0 aromatic rings. The Morgan fingerprint density at radius 3 is 2.12 bits per heavy atom. The maximum Gasteiger partial charge on any atom is 0.326 e. The van der Waals surface area contributed by atoms with Gasteiger partial charge in [0.2, 0.25) is 0 Å². The number of carbonyl (C=O) groups is 2. The third-order valence-electron chi connectivity index (χ3n) is 1.81. The molecular formula is C9H16F2N2O3. The monoisotopic (exact) mass is 238 g/mol. The number of carboxylic acids is 1. The van der Waals surface area contributed by atoms with Gasteiger partial charge in [0.15, 0.2) is 0 Å². The fourth-order valence-corrected chi connectivity index (χ4v) is 1.00. The van der Waals surface area contributed by atoms with E-state index in [0.717, 1.165) is 0 Å². The molecule has 1 atom stereocenters. The van der Waals surface area contributed by atoms with E-state index in [0.29, 0.717) is 0 Å². The van der Waals surface area contributed by atoms with Crippen molar-refractivity contribution < 1.29 is 23.5 Å². The number of halogens is 2. The normalized spacial score (nSPS) is 13.4. The van der Waals surface area contributed by atoms with Gasteiger partial charge >= 0.3 is 12.0 Å². The summed E-state index contributed by atoms with van der Waals surface area (Å²) >= 11 is 0. The van der Waals surface area contributed by atoms with Crippen LogP contribution in [0.15, 0.2) is 0 Å². The Morgan fingerprint density at radius 2 is 1.81 bits per heavy atom. The van der Waals surface area contributed by atoms with Gasteiger partial charge in [0, 0.05) is 0 Å². The van der Waals surface area contributed by atoms with Crippen LogP contribution in [0.2, 0.25) is 0 Å². The number of carboxylic acid groups (broad SMARTS) is 1. The van der Waals surface area contributed by atoms with Gasteiger partial charge in [0.25, 0.3) is 6.43 Å². The summed E-state index contributed by atoms with van der Waals surface area (Å²) in [5.41, 5.74) is -0.700. The summed E-state index contributed by atoms with van der Waals surface area (Å²) in [7, 11) is 0. The Kier molecular flexibility index (Phi) is 5.13. The molecule has 0 bridgehead atoms. The number of aliphatic carboxylic acids is 1. The summed E-state index contributed by atoms with van der Waals surface area (Å²) in [4.78, 5) is 21.9. The second-order valence-corrected chi connectivity index (χ2v) is 4.38. The molecule has 0 radical (unpaired) electrons. The lowest BCUT2D eigenvalue weighted by Crippen LogP contribution is -2.52. The first-order valence-electron chi connectivity index (χ1n) is 4.70. The number of hydrogen-bond acceptors (Lipinski definition) is 2. The van der Waals surface area contributed by atoms with Crippen LogP contribution in [0.3, 0.4) is 0 Å². The molecule has 94 valence electrons. The smallest absolute Gasteiger partial charge is 0.326 e. The summed E-state index contributed by atoms with van der Waals surface area (Å²) in [5, 5.41) is 12.8. The van der Waals surface area contributed by atoms with E-state index in [-0.39, 0.29) is 0 Å². The minimum atomic E-state index is -2.66. The van der Waals surface area contributed by atoms with Crippen LogP contribution >= 0.6 is 0 Å². The maximum absolute atomic E-state index is 11.8. The highest BCUT2D eigenvalue weighted by Gasteiger charge is 2.32. The zero-order valence-electron chi connectivity index (χ0n) is 9.38. The molecule has 0 aromatic heterocycles. The van der Waals surface area contributed by atoms with Crippen LogP contribution in [0.25, 0.3) is 0 Å². The lowest BCUT2D eigenvalue weighted by molar-refractivity contribution is -0.141. The molecule has 0 rings (SSSR count). The Hall–Kier alpha value is -1.40. The van der Waals surface area contributed by atoms with Gasteiger partial charge in [-0.15, -0.1) is 0 Å². The largest absolute Gasteiger partial charge is 0.480 e. The van der Waals surface area contributed by atoms with Crippen molar-refractivity contribution in [3.8, 4) is 0 Å². The lowest BCUT2D eigenvalue weighted by Gasteiger charge is -2.27. The first-order chi connectivity index (χ1) is 7.14. The minimum Gasteiger partial charge on any atom is -0.480 e. The van der Waals surface area contributed by atoms with E-state index < -0.39 is 36.4 Å². The van der Waals surface area contributed by atoms with Crippen molar-refractivity contribution in [2.24, 2.45) is 5.41 Å². The van der Waals surface area contributed by atoms with E-state index in [2.05, 4.69) is 5.32 Å². The van der Waals surface area contributed by atoms with Crippen molar-refractivity contribution in [3.63, 3.8) is 0 Å². The van der Waals surface area contributed by atoms with E-state index in [9.17, 15) is 18.4 Å². The summed E-state index contributed by atoms with van der Waals surface area (Å²) < 4.78 is 23.5. The molecule has 0 fully saturated rings. The number of carbonyl (C=O) groups excluding carboxylic acids is 1.